The van der Waals surface area contributed by atoms with Gasteiger partial charge in [0.2, 0.25) is 5.91 Å². The number of carbonyl (C=O) groups is 1. The number of imidazole rings is 1. The molecule has 5 nitrogen and oxygen atoms in total. The molecular formula is C11H18N4O. The molecule has 0 spiro atoms. The van der Waals surface area contributed by atoms with Crippen LogP contribution in [0.15, 0.2) is 12.4 Å². The van der Waals surface area contributed by atoms with Gasteiger partial charge in [-0.25, -0.2) is 4.98 Å². The second-order valence-electron chi connectivity index (χ2n) is 4.23. The van der Waals surface area contributed by atoms with Crippen LogP contribution in [-0.4, -0.2) is 29.0 Å². The first kappa shape index (κ1) is 11.1. The molecule has 1 unspecified atom stereocenters. The molecule has 3 N–H and O–H groups in total. The van der Waals surface area contributed by atoms with Crippen LogP contribution in [0.2, 0.25) is 0 Å². The second kappa shape index (κ2) is 5.65. The largest absolute Gasteiger partial charge is 0.349 e. The van der Waals surface area contributed by atoms with Crippen molar-refractivity contribution >= 4 is 5.91 Å². The van der Waals surface area contributed by atoms with E-state index in [-0.39, 0.29) is 5.91 Å². The molecule has 1 aromatic rings. The minimum atomic E-state index is 0.116. The summed E-state index contributed by atoms with van der Waals surface area (Å²) in [7, 11) is 0. The van der Waals surface area contributed by atoms with Gasteiger partial charge >= 0.3 is 0 Å². The molecular weight excluding hydrogens is 204 g/mol. The van der Waals surface area contributed by atoms with E-state index in [0.29, 0.717) is 18.9 Å². The van der Waals surface area contributed by atoms with Gasteiger partial charge < -0.3 is 15.6 Å². The van der Waals surface area contributed by atoms with Crippen molar-refractivity contribution in [1.29, 1.82) is 0 Å². The molecule has 5 heteroatoms. The molecule has 1 atom stereocenters. The first-order valence-corrected chi connectivity index (χ1v) is 5.80. The predicted molar refractivity (Wildman–Crippen MR) is 60.6 cm³/mol. The van der Waals surface area contributed by atoms with Gasteiger partial charge in [0.25, 0.3) is 0 Å². The smallest absolute Gasteiger partial charge is 0.220 e. The summed E-state index contributed by atoms with van der Waals surface area (Å²) in [5, 5.41) is 6.18. The van der Waals surface area contributed by atoms with E-state index in [2.05, 4.69) is 20.6 Å². The highest BCUT2D eigenvalue weighted by Gasteiger charge is 2.16. The summed E-state index contributed by atoms with van der Waals surface area (Å²) in [5.41, 5.74) is 0. The molecule has 88 valence electrons. The van der Waals surface area contributed by atoms with Crippen molar-refractivity contribution < 1.29 is 4.79 Å². The van der Waals surface area contributed by atoms with Gasteiger partial charge in [0.05, 0.1) is 6.54 Å². The number of aromatic nitrogens is 2. The summed E-state index contributed by atoms with van der Waals surface area (Å²) in [5.74, 6) is 1.41. The molecule has 1 fully saturated rings. The lowest BCUT2D eigenvalue weighted by atomic mass is 9.96. The van der Waals surface area contributed by atoms with Crippen LogP contribution in [0.25, 0.3) is 0 Å². The van der Waals surface area contributed by atoms with Crippen LogP contribution in [0.4, 0.5) is 0 Å². The predicted octanol–water partition coefficient (Wildman–Crippen LogP) is 0.416. The maximum Gasteiger partial charge on any atom is 0.220 e. The zero-order valence-electron chi connectivity index (χ0n) is 9.33. The summed E-state index contributed by atoms with van der Waals surface area (Å²) in [4.78, 5) is 18.6. The van der Waals surface area contributed by atoms with E-state index in [1.54, 1.807) is 12.4 Å². The van der Waals surface area contributed by atoms with Crippen molar-refractivity contribution in [2.75, 3.05) is 13.1 Å². The Hall–Kier alpha value is -1.36. The number of hydrogen-bond donors (Lipinski definition) is 3. The quantitative estimate of drug-likeness (QED) is 0.691. The molecule has 2 heterocycles. The average molecular weight is 222 g/mol. The third-order valence-corrected chi connectivity index (χ3v) is 2.88. The summed E-state index contributed by atoms with van der Waals surface area (Å²) < 4.78 is 0. The maximum atomic E-state index is 11.6. The van der Waals surface area contributed by atoms with Gasteiger partial charge in [-0.2, -0.15) is 0 Å². The summed E-state index contributed by atoms with van der Waals surface area (Å²) >= 11 is 0. The number of nitrogens with one attached hydrogen (secondary N) is 3. The highest BCUT2D eigenvalue weighted by molar-refractivity contribution is 5.76. The molecule has 0 aliphatic carbocycles. The first-order chi connectivity index (χ1) is 7.84. The number of H-pyrrole nitrogens is 1. The Balaban J connectivity index is 1.67. The number of carbonyl (C=O) groups excluding carboxylic acids is 1. The SMILES string of the molecule is O=C(CC1CCCNC1)NCc1ncc[nH]1. The number of rotatable bonds is 4. The molecule has 0 aromatic carbocycles. The standard InChI is InChI=1S/C11H18N4O/c16-11(6-9-2-1-3-12-7-9)15-8-10-13-4-5-14-10/h4-5,9,12H,1-3,6-8H2,(H,13,14)(H,15,16). The summed E-state index contributed by atoms with van der Waals surface area (Å²) in [6.07, 6.45) is 6.39. The summed E-state index contributed by atoms with van der Waals surface area (Å²) in [6, 6.07) is 0. The van der Waals surface area contributed by atoms with Crippen LogP contribution in [0.1, 0.15) is 25.1 Å². The number of aromatic amines is 1. The highest BCUT2D eigenvalue weighted by Crippen LogP contribution is 2.13. The average Bonchev–Trinajstić information content (AvgIpc) is 2.81. The number of nitrogens with zero attached hydrogens (tertiary/aromatic N) is 1. The highest BCUT2D eigenvalue weighted by atomic mass is 16.1. The van der Waals surface area contributed by atoms with E-state index >= 15 is 0 Å². The van der Waals surface area contributed by atoms with Crippen molar-refractivity contribution in [3.05, 3.63) is 18.2 Å². The Morgan fingerprint density at radius 1 is 1.62 bits per heavy atom. The number of piperidine rings is 1. The Morgan fingerprint density at radius 3 is 3.25 bits per heavy atom. The van der Waals surface area contributed by atoms with Gasteiger partial charge in [-0.15, -0.1) is 0 Å². The fraction of sp³-hybridized carbons (Fsp3) is 0.636. The van der Waals surface area contributed by atoms with Crippen LogP contribution in [0.5, 0.6) is 0 Å². The zero-order valence-corrected chi connectivity index (χ0v) is 9.33. The lowest BCUT2D eigenvalue weighted by molar-refractivity contribution is -0.122. The minimum Gasteiger partial charge on any atom is -0.349 e. The molecule has 0 saturated carbocycles. The van der Waals surface area contributed by atoms with Crippen molar-refractivity contribution in [3.8, 4) is 0 Å². The Morgan fingerprint density at radius 2 is 2.56 bits per heavy atom. The van der Waals surface area contributed by atoms with E-state index in [1.807, 2.05) is 0 Å². The van der Waals surface area contributed by atoms with Gasteiger partial charge in [0, 0.05) is 18.8 Å². The van der Waals surface area contributed by atoms with Gasteiger partial charge in [-0.05, 0) is 31.8 Å². The topological polar surface area (TPSA) is 69.8 Å². The van der Waals surface area contributed by atoms with E-state index < -0.39 is 0 Å². The lowest BCUT2D eigenvalue weighted by Crippen LogP contribution is -2.34. The van der Waals surface area contributed by atoms with Crippen molar-refractivity contribution in [1.82, 2.24) is 20.6 Å². The molecule has 1 aromatic heterocycles. The molecule has 1 saturated heterocycles. The van der Waals surface area contributed by atoms with Gasteiger partial charge in [-0.1, -0.05) is 0 Å². The van der Waals surface area contributed by atoms with Gasteiger partial charge in [0.15, 0.2) is 0 Å². The lowest BCUT2D eigenvalue weighted by Gasteiger charge is -2.21. The van der Waals surface area contributed by atoms with Crippen LogP contribution in [0.3, 0.4) is 0 Å². The Bertz CT molecular complexity index is 317. The molecule has 16 heavy (non-hydrogen) atoms. The minimum absolute atomic E-state index is 0.116. The van der Waals surface area contributed by atoms with Crippen LogP contribution in [0, 0.1) is 5.92 Å². The molecule has 0 bridgehead atoms. The monoisotopic (exact) mass is 222 g/mol. The summed E-state index contributed by atoms with van der Waals surface area (Å²) in [6.45, 7) is 2.55. The second-order valence-corrected chi connectivity index (χ2v) is 4.23. The molecule has 0 radical (unpaired) electrons. The van der Waals surface area contributed by atoms with E-state index in [9.17, 15) is 4.79 Å². The van der Waals surface area contributed by atoms with Crippen molar-refractivity contribution in [3.63, 3.8) is 0 Å². The fourth-order valence-corrected chi connectivity index (χ4v) is 2.01. The number of hydrogen-bond acceptors (Lipinski definition) is 3. The van der Waals surface area contributed by atoms with E-state index in [1.165, 1.54) is 6.42 Å². The molecule has 1 aliphatic heterocycles. The molecule has 1 amide bonds. The van der Waals surface area contributed by atoms with E-state index in [0.717, 1.165) is 25.3 Å². The molecule has 2 rings (SSSR count). The van der Waals surface area contributed by atoms with Crippen LogP contribution in [-0.2, 0) is 11.3 Å². The van der Waals surface area contributed by atoms with Crippen LogP contribution < -0.4 is 10.6 Å². The Kier molecular flexibility index (Phi) is 3.93. The Labute approximate surface area is 95.0 Å². The van der Waals surface area contributed by atoms with E-state index in [4.69, 9.17) is 0 Å². The molecule has 1 aliphatic rings. The maximum absolute atomic E-state index is 11.6. The fourth-order valence-electron chi connectivity index (χ4n) is 2.01. The number of amides is 1. The van der Waals surface area contributed by atoms with Gasteiger partial charge in [-0.3, -0.25) is 4.79 Å². The van der Waals surface area contributed by atoms with Crippen LogP contribution >= 0.6 is 0 Å². The normalized spacial score (nSPS) is 20.6. The third-order valence-electron chi connectivity index (χ3n) is 2.88. The first-order valence-electron chi connectivity index (χ1n) is 5.80. The van der Waals surface area contributed by atoms with Gasteiger partial charge in [0.1, 0.15) is 5.82 Å². The van der Waals surface area contributed by atoms with Crippen molar-refractivity contribution in [2.24, 2.45) is 5.92 Å². The zero-order chi connectivity index (χ0) is 11.2. The third kappa shape index (κ3) is 3.34. The van der Waals surface area contributed by atoms with Crippen molar-refractivity contribution in [2.45, 2.75) is 25.8 Å².